The van der Waals surface area contributed by atoms with Gasteiger partial charge in [-0.1, -0.05) is 42.8 Å². The minimum Gasteiger partial charge on any atom is -0.341 e. The van der Waals surface area contributed by atoms with E-state index in [0.717, 1.165) is 62.0 Å². The predicted octanol–water partition coefficient (Wildman–Crippen LogP) is 4.96. The first-order valence-electron chi connectivity index (χ1n) is 17.2. The highest BCUT2D eigenvalue weighted by Crippen LogP contribution is 2.25. The van der Waals surface area contributed by atoms with Gasteiger partial charge < -0.3 is 30.2 Å². The van der Waals surface area contributed by atoms with E-state index in [1.807, 2.05) is 32.9 Å². The standard InChI is InChI=1S/C36H50N6O3/c1-26-10-11-28(24-27(26)2)25-33(34(43)40-19-13-30(14-20-40)39-17-6-3-7-18-39)38-35(44)41-21-15-31(16-22-41)42-23-12-29-8-4-5-9-32(29)37-36(42)45/h4-5,8-11,24,30-31,33H,3,6-7,12-23,25H2,1-2H3,(H,37,45)(H,38,44). The summed E-state index contributed by atoms with van der Waals surface area (Å²) in [5, 5.41) is 6.23. The van der Waals surface area contributed by atoms with E-state index in [4.69, 9.17) is 0 Å². The van der Waals surface area contributed by atoms with Crippen LogP contribution in [0.4, 0.5) is 15.3 Å². The normalized spacial score (nSPS) is 21.1. The van der Waals surface area contributed by atoms with Crippen LogP contribution in [0, 0.1) is 13.8 Å². The van der Waals surface area contributed by atoms with Crippen molar-refractivity contribution in [1.29, 1.82) is 0 Å². The Morgan fingerprint density at radius 2 is 1.51 bits per heavy atom. The Hall–Kier alpha value is -3.59. The van der Waals surface area contributed by atoms with Crippen molar-refractivity contribution in [2.45, 2.75) is 89.8 Å². The minimum absolute atomic E-state index is 0.0226. The first-order chi connectivity index (χ1) is 21.9. The van der Waals surface area contributed by atoms with Crippen molar-refractivity contribution in [3.8, 4) is 0 Å². The number of urea groups is 2. The average Bonchev–Trinajstić information content (AvgIpc) is 3.24. The molecule has 6 rings (SSSR count). The van der Waals surface area contributed by atoms with Crippen LogP contribution >= 0.6 is 0 Å². The van der Waals surface area contributed by atoms with Crippen molar-refractivity contribution in [3.05, 3.63) is 64.7 Å². The van der Waals surface area contributed by atoms with Crippen molar-refractivity contribution in [1.82, 2.24) is 24.9 Å². The van der Waals surface area contributed by atoms with E-state index in [9.17, 15) is 14.4 Å². The summed E-state index contributed by atoms with van der Waals surface area (Å²) >= 11 is 0. The third-order valence-electron chi connectivity index (χ3n) is 10.6. The molecule has 9 heteroatoms. The molecule has 0 aliphatic carbocycles. The van der Waals surface area contributed by atoms with Gasteiger partial charge in [-0.3, -0.25) is 4.79 Å². The number of aryl methyl sites for hydroxylation is 2. The number of piperidine rings is 3. The van der Waals surface area contributed by atoms with E-state index >= 15 is 0 Å². The van der Waals surface area contributed by atoms with Crippen molar-refractivity contribution in [3.63, 3.8) is 0 Å². The fourth-order valence-corrected chi connectivity index (χ4v) is 7.68. The Labute approximate surface area is 268 Å². The first-order valence-corrected chi connectivity index (χ1v) is 17.2. The van der Waals surface area contributed by atoms with Crippen LogP contribution in [0.15, 0.2) is 42.5 Å². The zero-order valence-electron chi connectivity index (χ0n) is 27.1. The lowest BCUT2D eigenvalue weighted by Crippen LogP contribution is -2.57. The van der Waals surface area contributed by atoms with Crippen LogP contribution in [0.25, 0.3) is 0 Å². The molecule has 0 bridgehead atoms. The van der Waals surface area contributed by atoms with E-state index in [0.29, 0.717) is 32.1 Å². The topological polar surface area (TPSA) is 88.2 Å². The number of carbonyl (C=O) groups is 3. The van der Waals surface area contributed by atoms with Crippen molar-refractivity contribution in [2.24, 2.45) is 0 Å². The second kappa shape index (κ2) is 14.2. The third-order valence-corrected chi connectivity index (χ3v) is 10.6. The van der Waals surface area contributed by atoms with E-state index in [1.54, 1.807) is 0 Å². The largest absolute Gasteiger partial charge is 0.341 e. The van der Waals surface area contributed by atoms with Crippen LogP contribution in [-0.2, 0) is 17.6 Å². The van der Waals surface area contributed by atoms with Crippen LogP contribution in [0.3, 0.4) is 0 Å². The second-order valence-electron chi connectivity index (χ2n) is 13.5. The Bertz CT molecular complexity index is 1360. The average molecular weight is 615 g/mol. The highest BCUT2D eigenvalue weighted by atomic mass is 16.2. The van der Waals surface area contributed by atoms with Gasteiger partial charge in [0.25, 0.3) is 0 Å². The molecule has 0 radical (unpaired) electrons. The molecule has 0 aromatic heterocycles. The molecule has 5 amide bonds. The molecular formula is C36H50N6O3. The van der Waals surface area contributed by atoms with E-state index in [2.05, 4.69) is 53.6 Å². The summed E-state index contributed by atoms with van der Waals surface area (Å²) in [5.41, 5.74) is 5.51. The number of nitrogens with one attached hydrogen (secondary N) is 2. The number of anilines is 1. The number of hydrogen-bond acceptors (Lipinski definition) is 4. The number of likely N-dealkylation sites (tertiary alicyclic amines) is 3. The van der Waals surface area contributed by atoms with Crippen molar-refractivity contribution < 1.29 is 14.4 Å². The van der Waals surface area contributed by atoms with Gasteiger partial charge in [0.2, 0.25) is 5.91 Å². The maximum Gasteiger partial charge on any atom is 0.322 e. The summed E-state index contributed by atoms with van der Waals surface area (Å²) in [6.07, 6.45) is 8.61. The number of amides is 5. The lowest BCUT2D eigenvalue weighted by atomic mass is 9.97. The molecule has 2 aromatic rings. The summed E-state index contributed by atoms with van der Waals surface area (Å²) in [5.74, 6) is 0.0226. The molecule has 0 spiro atoms. The molecule has 1 atom stereocenters. The van der Waals surface area contributed by atoms with E-state index in [-0.39, 0.29) is 24.0 Å². The Morgan fingerprint density at radius 3 is 2.24 bits per heavy atom. The zero-order chi connectivity index (χ0) is 31.3. The molecule has 4 heterocycles. The predicted molar refractivity (Wildman–Crippen MR) is 177 cm³/mol. The second-order valence-corrected chi connectivity index (χ2v) is 13.5. The highest BCUT2D eigenvalue weighted by Gasteiger charge is 2.35. The lowest BCUT2D eigenvalue weighted by molar-refractivity contribution is -0.134. The Balaban J connectivity index is 1.07. The van der Waals surface area contributed by atoms with Crippen molar-refractivity contribution in [2.75, 3.05) is 51.1 Å². The Morgan fingerprint density at radius 1 is 0.822 bits per heavy atom. The minimum atomic E-state index is -0.612. The number of benzene rings is 2. The number of para-hydroxylation sites is 1. The first kappa shape index (κ1) is 31.4. The molecule has 3 fully saturated rings. The van der Waals surface area contributed by atoms with Gasteiger partial charge in [-0.15, -0.1) is 0 Å². The smallest absolute Gasteiger partial charge is 0.322 e. The molecule has 45 heavy (non-hydrogen) atoms. The summed E-state index contributed by atoms with van der Waals surface area (Å²) in [7, 11) is 0. The Kier molecular flexibility index (Phi) is 9.93. The number of carbonyl (C=O) groups excluding carboxylic acids is 3. The molecule has 242 valence electrons. The van der Waals surface area contributed by atoms with E-state index < -0.39 is 6.04 Å². The van der Waals surface area contributed by atoms with Crippen LogP contribution in [-0.4, -0.2) is 102 Å². The fraction of sp³-hybridized carbons (Fsp3) is 0.583. The van der Waals surface area contributed by atoms with Gasteiger partial charge in [-0.25, -0.2) is 9.59 Å². The maximum absolute atomic E-state index is 14.0. The van der Waals surface area contributed by atoms with Crippen LogP contribution < -0.4 is 10.6 Å². The summed E-state index contributed by atoms with van der Waals surface area (Å²) in [6, 6.07) is 14.1. The molecule has 9 nitrogen and oxygen atoms in total. The molecular weight excluding hydrogens is 564 g/mol. The van der Waals surface area contributed by atoms with Gasteiger partial charge in [0, 0.05) is 56.9 Å². The number of rotatable bonds is 6. The number of hydrogen-bond donors (Lipinski definition) is 2. The van der Waals surface area contributed by atoms with Crippen LogP contribution in [0.2, 0.25) is 0 Å². The molecule has 2 aromatic carbocycles. The van der Waals surface area contributed by atoms with Gasteiger partial charge in [0.1, 0.15) is 6.04 Å². The van der Waals surface area contributed by atoms with Crippen molar-refractivity contribution >= 4 is 23.7 Å². The summed E-state index contributed by atoms with van der Waals surface area (Å²) in [6.45, 7) is 9.80. The fourth-order valence-electron chi connectivity index (χ4n) is 7.68. The van der Waals surface area contributed by atoms with Gasteiger partial charge in [0.15, 0.2) is 0 Å². The summed E-state index contributed by atoms with van der Waals surface area (Å²) < 4.78 is 0. The number of nitrogens with zero attached hydrogens (tertiary/aromatic N) is 4. The third kappa shape index (κ3) is 7.46. The molecule has 4 aliphatic rings. The quantitative estimate of drug-likeness (QED) is 0.482. The number of fused-ring (bicyclic) bond motifs is 1. The van der Waals surface area contributed by atoms with Gasteiger partial charge in [-0.2, -0.15) is 0 Å². The molecule has 4 aliphatic heterocycles. The van der Waals surface area contributed by atoms with E-state index in [1.165, 1.54) is 43.5 Å². The molecule has 0 saturated carbocycles. The van der Waals surface area contributed by atoms with Crippen LogP contribution in [0.1, 0.15) is 67.2 Å². The monoisotopic (exact) mass is 614 g/mol. The van der Waals surface area contributed by atoms with Gasteiger partial charge >= 0.3 is 12.1 Å². The maximum atomic E-state index is 14.0. The molecule has 1 unspecified atom stereocenters. The lowest BCUT2D eigenvalue weighted by Gasteiger charge is -2.41. The SMILES string of the molecule is Cc1ccc(CC(NC(=O)N2CCC(N3CCc4ccccc4NC3=O)CC2)C(=O)N2CCC(N3CCCCC3)CC2)cc1C. The molecule has 3 saturated heterocycles. The van der Waals surface area contributed by atoms with Crippen LogP contribution in [0.5, 0.6) is 0 Å². The van der Waals surface area contributed by atoms with Gasteiger partial charge in [-0.05, 0) is 100 Å². The molecule has 2 N–H and O–H groups in total. The van der Waals surface area contributed by atoms with Gasteiger partial charge in [0.05, 0.1) is 0 Å². The zero-order valence-corrected chi connectivity index (χ0v) is 27.1. The summed E-state index contributed by atoms with van der Waals surface area (Å²) in [4.78, 5) is 49.1. The highest BCUT2D eigenvalue weighted by molar-refractivity contribution is 5.91.